The molecule has 0 spiro atoms. The molecule has 0 bridgehead atoms. The Kier molecular flexibility index (Phi) is 17.1. The lowest BCUT2D eigenvalue weighted by Crippen LogP contribution is -1.94. The van der Waals surface area contributed by atoms with Gasteiger partial charge in [-0.1, -0.05) is 33.6 Å². The Balaban J connectivity index is 0. The van der Waals surface area contributed by atoms with E-state index in [1.807, 2.05) is 13.8 Å². The summed E-state index contributed by atoms with van der Waals surface area (Å²) in [5, 5.41) is 8.73. The van der Waals surface area contributed by atoms with Gasteiger partial charge in [-0.25, -0.2) is 0 Å². The van der Waals surface area contributed by atoms with Crippen molar-refractivity contribution in [2.75, 3.05) is 13.7 Å². The van der Waals surface area contributed by atoms with Crippen LogP contribution in [0.25, 0.3) is 0 Å². The standard InChI is InChI=1S/C5H10O.C4H10O.C2H6/c6-5-3-1-2-4-5;1-3-4-5-2;1-2/h5-6H,1-4H2;3-4H2,1-2H3;1-2H3. The van der Waals surface area contributed by atoms with Crippen molar-refractivity contribution in [3.8, 4) is 0 Å². The third kappa shape index (κ3) is 14.7. The summed E-state index contributed by atoms with van der Waals surface area (Å²) in [6.45, 7) is 6.98. The first-order valence-corrected chi connectivity index (χ1v) is 5.48. The molecule has 2 nitrogen and oxygen atoms in total. The fourth-order valence-electron chi connectivity index (χ4n) is 1.11. The summed E-state index contributed by atoms with van der Waals surface area (Å²) in [6.07, 6.45) is 5.73. The second-order valence-corrected chi connectivity index (χ2v) is 2.93. The average molecular weight is 190 g/mol. The predicted molar refractivity (Wildman–Crippen MR) is 58.0 cm³/mol. The molecule has 0 unspecified atom stereocenters. The van der Waals surface area contributed by atoms with Crippen molar-refractivity contribution in [2.24, 2.45) is 0 Å². The molecule has 2 heteroatoms. The van der Waals surface area contributed by atoms with Gasteiger partial charge in [0.2, 0.25) is 0 Å². The minimum atomic E-state index is 0.0463. The van der Waals surface area contributed by atoms with Gasteiger partial charge in [0.05, 0.1) is 6.10 Å². The van der Waals surface area contributed by atoms with Gasteiger partial charge in [0.25, 0.3) is 0 Å². The molecule has 0 aromatic carbocycles. The van der Waals surface area contributed by atoms with Crippen molar-refractivity contribution in [1.29, 1.82) is 0 Å². The van der Waals surface area contributed by atoms with Gasteiger partial charge >= 0.3 is 0 Å². The SMILES string of the molecule is CC.CCCOC.OC1CCCC1. The number of aliphatic hydroxyl groups excluding tert-OH is 1. The van der Waals surface area contributed by atoms with Crippen molar-refractivity contribution in [3.63, 3.8) is 0 Å². The third-order valence-corrected chi connectivity index (χ3v) is 1.73. The van der Waals surface area contributed by atoms with Crippen LogP contribution in [0.4, 0.5) is 0 Å². The molecular weight excluding hydrogens is 164 g/mol. The molecule has 1 aliphatic carbocycles. The van der Waals surface area contributed by atoms with E-state index >= 15 is 0 Å². The number of aliphatic hydroxyl groups is 1. The molecular formula is C11H26O2. The zero-order valence-corrected chi connectivity index (χ0v) is 9.68. The average Bonchev–Trinajstić information content (AvgIpc) is 2.62. The van der Waals surface area contributed by atoms with Crippen LogP contribution in [0, 0.1) is 0 Å². The number of ether oxygens (including phenoxy) is 1. The van der Waals surface area contributed by atoms with Gasteiger partial charge in [-0.2, -0.15) is 0 Å². The van der Waals surface area contributed by atoms with Crippen LogP contribution < -0.4 is 0 Å². The molecule has 1 saturated carbocycles. The van der Waals surface area contributed by atoms with Gasteiger partial charge in [-0.05, 0) is 19.3 Å². The van der Waals surface area contributed by atoms with Gasteiger partial charge in [-0.15, -0.1) is 0 Å². The van der Waals surface area contributed by atoms with Crippen LogP contribution in [-0.2, 0) is 4.74 Å². The Morgan fingerprint density at radius 1 is 1.23 bits per heavy atom. The first kappa shape index (κ1) is 15.4. The highest BCUT2D eigenvalue weighted by Gasteiger charge is 2.09. The molecule has 13 heavy (non-hydrogen) atoms. The fraction of sp³-hybridized carbons (Fsp3) is 1.00. The summed E-state index contributed by atoms with van der Waals surface area (Å²) < 4.78 is 4.69. The minimum absolute atomic E-state index is 0.0463. The summed E-state index contributed by atoms with van der Waals surface area (Å²) in [4.78, 5) is 0. The van der Waals surface area contributed by atoms with E-state index in [4.69, 9.17) is 9.84 Å². The van der Waals surface area contributed by atoms with E-state index in [9.17, 15) is 0 Å². The Bertz CT molecular complexity index is 66.5. The van der Waals surface area contributed by atoms with Crippen molar-refractivity contribution in [3.05, 3.63) is 0 Å². The Morgan fingerprint density at radius 3 is 1.77 bits per heavy atom. The summed E-state index contributed by atoms with van der Waals surface area (Å²) in [5.41, 5.74) is 0. The van der Waals surface area contributed by atoms with Gasteiger partial charge in [0.15, 0.2) is 0 Å². The Labute approximate surface area is 83.3 Å². The molecule has 0 amide bonds. The molecule has 0 radical (unpaired) electrons. The van der Waals surface area contributed by atoms with E-state index in [2.05, 4.69) is 6.92 Å². The van der Waals surface area contributed by atoms with Crippen LogP contribution in [0.15, 0.2) is 0 Å². The van der Waals surface area contributed by atoms with Crippen molar-refractivity contribution in [2.45, 2.75) is 59.0 Å². The quantitative estimate of drug-likeness (QED) is 0.725. The molecule has 0 heterocycles. The van der Waals surface area contributed by atoms with E-state index in [0.717, 1.165) is 25.9 Å². The maximum atomic E-state index is 8.73. The zero-order valence-electron chi connectivity index (χ0n) is 9.68. The molecule has 82 valence electrons. The van der Waals surface area contributed by atoms with Crippen LogP contribution in [0.5, 0.6) is 0 Å². The molecule has 0 aromatic heterocycles. The lowest BCUT2D eigenvalue weighted by Gasteiger charge is -1.91. The molecule has 0 saturated heterocycles. The highest BCUT2D eigenvalue weighted by Crippen LogP contribution is 2.16. The van der Waals surface area contributed by atoms with Crippen LogP contribution >= 0.6 is 0 Å². The fourth-order valence-corrected chi connectivity index (χ4v) is 1.11. The Morgan fingerprint density at radius 2 is 1.69 bits per heavy atom. The smallest absolute Gasteiger partial charge is 0.0540 e. The molecule has 1 aliphatic rings. The third-order valence-electron chi connectivity index (χ3n) is 1.73. The summed E-state index contributed by atoms with van der Waals surface area (Å²) in [7, 11) is 1.71. The summed E-state index contributed by atoms with van der Waals surface area (Å²) in [5.74, 6) is 0. The van der Waals surface area contributed by atoms with E-state index in [1.165, 1.54) is 12.8 Å². The highest BCUT2D eigenvalue weighted by atomic mass is 16.5. The topological polar surface area (TPSA) is 29.5 Å². The summed E-state index contributed by atoms with van der Waals surface area (Å²) in [6, 6.07) is 0. The lowest BCUT2D eigenvalue weighted by molar-refractivity contribution is 0.183. The van der Waals surface area contributed by atoms with Crippen molar-refractivity contribution in [1.82, 2.24) is 0 Å². The molecule has 0 aromatic rings. The summed E-state index contributed by atoms with van der Waals surface area (Å²) >= 11 is 0. The molecule has 0 aliphatic heterocycles. The maximum Gasteiger partial charge on any atom is 0.0540 e. The van der Waals surface area contributed by atoms with Crippen molar-refractivity contribution < 1.29 is 9.84 Å². The van der Waals surface area contributed by atoms with Crippen LogP contribution in [0.3, 0.4) is 0 Å². The van der Waals surface area contributed by atoms with Crippen LogP contribution in [0.1, 0.15) is 52.9 Å². The van der Waals surface area contributed by atoms with Crippen LogP contribution in [0.2, 0.25) is 0 Å². The van der Waals surface area contributed by atoms with Crippen molar-refractivity contribution >= 4 is 0 Å². The number of rotatable bonds is 2. The monoisotopic (exact) mass is 190 g/mol. The first-order valence-electron chi connectivity index (χ1n) is 5.48. The lowest BCUT2D eigenvalue weighted by atomic mass is 10.3. The number of methoxy groups -OCH3 is 1. The molecule has 1 rings (SSSR count). The largest absolute Gasteiger partial charge is 0.393 e. The highest BCUT2D eigenvalue weighted by molar-refractivity contribution is 4.63. The molecule has 1 N–H and O–H groups in total. The van der Waals surface area contributed by atoms with Gasteiger partial charge in [-0.3, -0.25) is 0 Å². The van der Waals surface area contributed by atoms with Gasteiger partial charge in [0, 0.05) is 13.7 Å². The zero-order chi connectivity index (χ0) is 10.5. The Hall–Kier alpha value is -0.0800. The van der Waals surface area contributed by atoms with Crippen LogP contribution in [-0.4, -0.2) is 24.9 Å². The second kappa shape index (κ2) is 14.4. The van der Waals surface area contributed by atoms with E-state index in [1.54, 1.807) is 7.11 Å². The first-order chi connectivity index (χ1) is 6.31. The van der Waals surface area contributed by atoms with E-state index in [-0.39, 0.29) is 6.10 Å². The van der Waals surface area contributed by atoms with Gasteiger partial charge < -0.3 is 9.84 Å². The van der Waals surface area contributed by atoms with Gasteiger partial charge in [0.1, 0.15) is 0 Å². The normalized spacial score (nSPS) is 15.5. The predicted octanol–water partition coefficient (Wildman–Crippen LogP) is 2.99. The van der Waals surface area contributed by atoms with E-state index in [0.29, 0.717) is 0 Å². The van der Waals surface area contributed by atoms with E-state index < -0.39 is 0 Å². The number of hydrogen-bond donors (Lipinski definition) is 1. The minimum Gasteiger partial charge on any atom is -0.393 e. The maximum absolute atomic E-state index is 8.73. The number of hydrogen-bond acceptors (Lipinski definition) is 2. The molecule has 0 atom stereocenters. The second-order valence-electron chi connectivity index (χ2n) is 2.93. The molecule has 1 fully saturated rings.